The number of anilines is 1. The molecule has 7 nitrogen and oxygen atoms in total. The van der Waals surface area contributed by atoms with Crippen molar-refractivity contribution in [2.45, 2.75) is 26.7 Å². The molecule has 2 heterocycles. The number of para-hydroxylation sites is 2. The first kappa shape index (κ1) is 16.5. The number of H-pyrrole nitrogens is 2. The zero-order chi connectivity index (χ0) is 18.0. The van der Waals surface area contributed by atoms with Crippen LogP contribution in [0.25, 0.3) is 11.0 Å². The summed E-state index contributed by atoms with van der Waals surface area (Å²) in [5, 5.41) is 11.8. The molecule has 0 bridgehead atoms. The van der Waals surface area contributed by atoms with Gasteiger partial charge in [0.2, 0.25) is 11.9 Å². The normalized spacial score (nSPS) is 10.6. The lowest BCUT2D eigenvalue weighted by molar-refractivity contribution is -0.116. The summed E-state index contributed by atoms with van der Waals surface area (Å²) in [7, 11) is 0. The highest BCUT2D eigenvalue weighted by Gasteiger charge is 2.14. The number of hydrogen-bond acceptors (Lipinski definition) is 4. The van der Waals surface area contributed by atoms with Crippen LogP contribution in [0.4, 0.5) is 5.95 Å². The second-order valence-corrected chi connectivity index (χ2v) is 5.82. The molecular weight excluding hydrogens is 318 g/mol. The van der Waals surface area contributed by atoms with E-state index in [0.717, 1.165) is 16.6 Å². The van der Waals surface area contributed by atoms with Gasteiger partial charge in [-0.05, 0) is 43.5 Å². The second kappa shape index (κ2) is 6.61. The zero-order valence-corrected chi connectivity index (χ0v) is 13.9. The molecule has 2 aromatic heterocycles. The average Bonchev–Trinajstić information content (AvgIpc) is 2.96. The Hall–Kier alpha value is -3.40. The van der Waals surface area contributed by atoms with Gasteiger partial charge in [-0.15, -0.1) is 0 Å². The van der Waals surface area contributed by atoms with E-state index in [-0.39, 0.29) is 17.9 Å². The molecule has 0 atom stereocenters. The van der Waals surface area contributed by atoms with Crippen LogP contribution >= 0.6 is 0 Å². The predicted octanol–water partition coefficient (Wildman–Crippen LogP) is 2.31. The van der Waals surface area contributed by atoms with Gasteiger partial charge in [-0.1, -0.05) is 12.1 Å². The fourth-order valence-corrected chi connectivity index (χ4v) is 2.87. The Balaban J connectivity index is 1.72. The van der Waals surface area contributed by atoms with E-state index < -0.39 is 5.56 Å². The highest BCUT2D eigenvalue weighted by atomic mass is 16.1. The molecule has 0 aliphatic carbocycles. The molecule has 3 rings (SSSR count). The maximum Gasteiger partial charge on any atom is 0.266 e. The molecule has 1 amide bonds. The first-order valence-corrected chi connectivity index (χ1v) is 7.86. The number of benzene rings is 1. The minimum absolute atomic E-state index is 0.0956. The molecule has 0 aliphatic heterocycles. The highest BCUT2D eigenvalue weighted by Crippen LogP contribution is 2.16. The van der Waals surface area contributed by atoms with Crippen molar-refractivity contribution in [3.63, 3.8) is 0 Å². The lowest BCUT2D eigenvalue weighted by atomic mass is 9.99. The van der Waals surface area contributed by atoms with Gasteiger partial charge in [0.25, 0.3) is 5.56 Å². The van der Waals surface area contributed by atoms with Crippen LogP contribution in [0.2, 0.25) is 0 Å². The third-order valence-corrected chi connectivity index (χ3v) is 4.17. The molecule has 126 valence electrons. The maximum atomic E-state index is 12.2. The van der Waals surface area contributed by atoms with Gasteiger partial charge in [-0.25, -0.2) is 4.98 Å². The number of aromatic amines is 2. The second-order valence-electron chi connectivity index (χ2n) is 5.82. The van der Waals surface area contributed by atoms with Gasteiger partial charge in [-0.2, -0.15) is 5.26 Å². The molecule has 3 aromatic rings. The summed E-state index contributed by atoms with van der Waals surface area (Å²) in [5.74, 6) is 0.210. The quantitative estimate of drug-likeness (QED) is 0.678. The Labute approximate surface area is 143 Å². The number of fused-ring (bicyclic) bond motifs is 1. The molecule has 0 saturated carbocycles. The number of imidazole rings is 1. The van der Waals surface area contributed by atoms with Gasteiger partial charge in [0, 0.05) is 12.1 Å². The van der Waals surface area contributed by atoms with E-state index in [0.29, 0.717) is 23.6 Å². The van der Waals surface area contributed by atoms with Crippen LogP contribution in [0.3, 0.4) is 0 Å². The third-order valence-electron chi connectivity index (χ3n) is 4.17. The Morgan fingerprint density at radius 1 is 1.28 bits per heavy atom. The first-order chi connectivity index (χ1) is 12.0. The van der Waals surface area contributed by atoms with Crippen molar-refractivity contribution in [1.29, 1.82) is 5.26 Å². The molecule has 0 aliphatic rings. The number of nitrogens with zero attached hydrogens (tertiary/aromatic N) is 2. The number of hydrogen-bond donors (Lipinski definition) is 3. The number of nitriles is 1. The van der Waals surface area contributed by atoms with Crippen molar-refractivity contribution < 1.29 is 4.79 Å². The summed E-state index contributed by atoms with van der Waals surface area (Å²) in [5.41, 5.74) is 3.45. The molecular formula is C18H17N5O2. The first-order valence-electron chi connectivity index (χ1n) is 7.86. The Morgan fingerprint density at radius 3 is 2.76 bits per heavy atom. The predicted molar refractivity (Wildman–Crippen MR) is 94.3 cm³/mol. The van der Waals surface area contributed by atoms with Crippen LogP contribution in [-0.2, 0) is 11.2 Å². The molecule has 0 radical (unpaired) electrons. The van der Waals surface area contributed by atoms with Crippen LogP contribution in [0.5, 0.6) is 0 Å². The number of aromatic nitrogens is 3. The van der Waals surface area contributed by atoms with Crippen LogP contribution < -0.4 is 10.9 Å². The van der Waals surface area contributed by atoms with Crippen molar-refractivity contribution in [2.75, 3.05) is 5.32 Å². The monoisotopic (exact) mass is 335 g/mol. The van der Waals surface area contributed by atoms with Crippen LogP contribution in [0.1, 0.15) is 28.8 Å². The summed E-state index contributed by atoms with van der Waals surface area (Å²) in [4.78, 5) is 33.9. The van der Waals surface area contributed by atoms with E-state index >= 15 is 0 Å². The zero-order valence-electron chi connectivity index (χ0n) is 13.9. The number of rotatable bonds is 4. The van der Waals surface area contributed by atoms with Gasteiger partial charge in [0.05, 0.1) is 11.0 Å². The number of nitrogens with one attached hydrogen (secondary N) is 3. The van der Waals surface area contributed by atoms with Gasteiger partial charge in [0.15, 0.2) is 0 Å². The topological polar surface area (TPSA) is 114 Å². The molecule has 3 N–H and O–H groups in total. The summed E-state index contributed by atoms with van der Waals surface area (Å²) < 4.78 is 0. The molecule has 0 fully saturated rings. The molecule has 0 saturated heterocycles. The highest BCUT2D eigenvalue weighted by molar-refractivity contribution is 5.91. The molecule has 1 aromatic carbocycles. The van der Waals surface area contributed by atoms with Crippen molar-refractivity contribution >= 4 is 22.9 Å². The number of amides is 1. The smallest absolute Gasteiger partial charge is 0.266 e. The fourth-order valence-electron chi connectivity index (χ4n) is 2.87. The van der Waals surface area contributed by atoms with Gasteiger partial charge in [-0.3, -0.25) is 14.9 Å². The lowest BCUT2D eigenvalue weighted by Gasteiger charge is -2.10. The SMILES string of the molecule is Cc1[nH]c(=O)c(C#N)c(C)c1CCC(=O)Nc1nc2ccccc2[nH]1. The number of aryl methyl sites for hydroxylation is 1. The molecule has 25 heavy (non-hydrogen) atoms. The largest absolute Gasteiger partial charge is 0.325 e. The van der Waals surface area contributed by atoms with E-state index in [2.05, 4.69) is 20.3 Å². The minimum atomic E-state index is -0.395. The van der Waals surface area contributed by atoms with Crippen LogP contribution in [-0.4, -0.2) is 20.9 Å². The number of carbonyl (C=O) groups excluding carboxylic acids is 1. The summed E-state index contributed by atoms with van der Waals surface area (Å²) in [6.07, 6.45) is 0.644. The fraction of sp³-hybridized carbons (Fsp3) is 0.222. The molecule has 0 spiro atoms. The number of carbonyl (C=O) groups is 1. The third kappa shape index (κ3) is 3.28. The Kier molecular flexibility index (Phi) is 4.35. The summed E-state index contributed by atoms with van der Waals surface area (Å²) in [6.45, 7) is 3.50. The van der Waals surface area contributed by atoms with Crippen molar-refractivity contribution in [3.05, 3.63) is 57.0 Å². The average molecular weight is 335 g/mol. The van der Waals surface area contributed by atoms with E-state index in [1.807, 2.05) is 30.3 Å². The van der Waals surface area contributed by atoms with Gasteiger partial charge < -0.3 is 9.97 Å². The summed E-state index contributed by atoms with van der Waals surface area (Å²) in [6, 6.07) is 9.42. The number of pyridine rings is 1. The van der Waals surface area contributed by atoms with Crippen molar-refractivity contribution in [2.24, 2.45) is 0 Å². The minimum Gasteiger partial charge on any atom is -0.325 e. The molecule has 0 unspecified atom stereocenters. The van der Waals surface area contributed by atoms with E-state index in [1.54, 1.807) is 13.8 Å². The standard InChI is InChI=1S/C18H17N5O2/c1-10-12(11(2)20-17(25)13(10)9-19)7-8-16(24)23-18-21-14-5-3-4-6-15(14)22-18/h3-6H,7-8H2,1-2H3,(H,20,25)(H2,21,22,23,24). The van der Waals surface area contributed by atoms with E-state index in [1.165, 1.54) is 0 Å². The van der Waals surface area contributed by atoms with Crippen molar-refractivity contribution in [1.82, 2.24) is 15.0 Å². The van der Waals surface area contributed by atoms with Crippen LogP contribution in [0, 0.1) is 25.2 Å². The summed E-state index contributed by atoms with van der Waals surface area (Å²) >= 11 is 0. The van der Waals surface area contributed by atoms with Crippen LogP contribution in [0.15, 0.2) is 29.1 Å². The maximum absolute atomic E-state index is 12.2. The Bertz CT molecular complexity index is 1020. The van der Waals surface area contributed by atoms with Gasteiger partial charge in [0.1, 0.15) is 11.6 Å². The van der Waals surface area contributed by atoms with Gasteiger partial charge >= 0.3 is 0 Å². The van der Waals surface area contributed by atoms with Crippen molar-refractivity contribution in [3.8, 4) is 6.07 Å². The lowest BCUT2D eigenvalue weighted by Crippen LogP contribution is -2.18. The van der Waals surface area contributed by atoms with E-state index in [4.69, 9.17) is 5.26 Å². The van der Waals surface area contributed by atoms with E-state index in [9.17, 15) is 9.59 Å². The molecule has 7 heteroatoms. The Morgan fingerprint density at radius 2 is 2.04 bits per heavy atom.